The van der Waals surface area contributed by atoms with Crippen molar-refractivity contribution < 1.29 is 9.47 Å². The molecule has 0 aromatic heterocycles. The fourth-order valence-electron chi connectivity index (χ4n) is 1.22. The predicted octanol–water partition coefficient (Wildman–Crippen LogP) is 2.75. The van der Waals surface area contributed by atoms with Crippen molar-refractivity contribution in [3.05, 3.63) is 23.3 Å². The van der Waals surface area contributed by atoms with Crippen molar-refractivity contribution in [2.75, 3.05) is 14.2 Å². The zero-order valence-electron chi connectivity index (χ0n) is 8.06. The highest BCUT2D eigenvalue weighted by Crippen LogP contribution is 2.29. The molecule has 0 aliphatic carbocycles. The summed E-state index contributed by atoms with van der Waals surface area (Å²) in [5.74, 6) is 2.04. The molecule has 0 radical (unpaired) electrons. The van der Waals surface area contributed by atoms with Crippen LogP contribution in [0.2, 0.25) is 0 Å². The maximum absolute atomic E-state index is 5.79. The van der Waals surface area contributed by atoms with Crippen LogP contribution in [0.3, 0.4) is 0 Å². The van der Waals surface area contributed by atoms with Crippen LogP contribution in [-0.4, -0.2) is 14.2 Å². The summed E-state index contributed by atoms with van der Waals surface area (Å²) in [6.07, 6.45) is 0. The minimum atomic E-state index is 0.457. The van der Waals surface area contributed by atoms with E-state index >= 15 is 0 Å². The molecular weight excluding hydrogens is 188 g/mol. The summed E-state index contributed by atoms with van der Waals surface area (Å²) >= 11 is 5.79. The lowest BCUT2D eigenvalue weighted by molar-refractivity contribution is 0.391. The summed E-state index contributed by atoms with van der Waals surface area (Å²) in [7, 11) is 3.26. The highest BCUT2D eigenvalue weighted by atomic mass is 35.5. The lowest BCUT2D eigenvalue weighted by Crippen LogP contribution is -1.94. The van der Waals surface area contributed by atoms with Gasteiger partial charge in [0.1, 0.15) is 11.5 Å². The van der Waals surface area contributed by atoms with Crippen molar-refractivity contribution in [3.63, 3.8) is 0 Å². The number of hydrogen-bond acceptors (Lipinski definition) is 2. The number of rotatable bonds is 3. The first kappa shape index (κ1) is 10.2. The number of aryl methyl sites for hydroxylation is 1. The Bertz CT molecular complexity index is 297. The van der Waals surface area contributed by atoms with E-state index in [0.29, 0.717) is 5.88 Å². The number of alkyl halides is 1. The Hall–Kier alpha value is -0.890. The van der Waals surface area contributed by atoms with Gasteiger partial charge in [0.15, 0.2) is 0 Å². The molecule has 0 bridgehead atoms. The van der Waals surface area contributed by atoms with Crippen molar-refractivity contribution in [1.29, 1.82) is 0 Å². The van der Waals surface area contributed by atoms with E-state index in [0.717, 1.165) is 22.6 Å². The standard InChI is InChI=1S/C10H13ClO2/c1-7-4-8(12-2)5-10(13-3)9(7)6-11/h4-5H,6H2,1-3H3. The molecule has 0 atom stereocenters. The number of halogens is 1. The molecule has 0 unspecified atom stereocenters. The van der Waals surface area contributed by atoms with E-state index in [2.05, 4.69) is 0 Å². The second-order valence-corrected chi connectivity index (χ2v) is 3.03. The van der Waals surface area contributed by atoms with Gasteiger partial charge in [-0.2, -0.15) is 0 Å². The van der Waals surface area contributed by atoms with E-state index < -0.39 is 0 Å². The first-order valence-corrected chi connectivity index (χ1v) is 4.53. The van der Waals surface area contributed by atoms with E-state index in [4.69, 9.17) is 21.1 Å². The monoisotopic (exact) mass is 200 g/mol. The summed E-state index contributed by atoms with van der Waals surface area (Å²) in [5.41, 5.74) is 2.11. The molecule has 1 aromatic carbocycles. The van der Waals surface area contributed by atoms with E-state index in [9.17, 15) is 0 Å². The van der Waals surface area contributed by atoms with Gasteiger partial charge in [-0.25, -0.2) is 0 Å². The van der Waals surface area contributed by atoms with Crippen LogP contribution >= 0.6 is 11.6 Å². The molecule has 0 fully saturated rings. The van der Waals surface area contributed by atoms with Crippen molar-refractivity contribution >= 4 is 11.6 Å². The van der Waals surface area contributed by atoms with E-state index in [1.54, 1.807) is 14.2 Å². The van der Waals surface area contributed by atoms with Crippen molar-refractivity contribution in [3.8, 4) is 11.5 Å². The first-order chi connectivity index (χ1) is 6.22. The van der Waals surface area contributed by atoms with Crippen LogP contribution in [0.25, 0.3) is 0 Å². The molecule has 0 saturated heterocycles. The topological polar surface area (TPSA) is 18.5 Å². The number of ether oxygens (including phenoxy) is 2. The van der Waals surface area contributed by atoms with E-state index in [-0.39, 0.29) is 0 Å². The van der Waals surface area contributed by atoms with Crippen LogP contribution in [-0.2, 0) is 5.88 Å². The molecule has 13 heavy (non-hydrogen) atoms. The quantitative estimate of drug-likeness (QED) is 0.699. The summed E-state index contributed by atoms with van der Waals surface area (Å²) in [4.78, 5) is 0. The Morgan fingerprint density at radius 3 is 2.38 bits per heavy atom. The predicted molar refractivity (Wildman–Crippen MR) is 53.8 cm³/mol. The third-order valence-corrected chi connectivity index (χ3v) is 2.26. The number of benzene rings is 1. The summed E-state index contributed by atoms with van der Waals surface area (Å²) in [5, 5.41) is 0. The van der Waals surface area contributed by atoms with Crippen LogP contribution in [0.4, 0.5) is 0 Å². The number of hydrogen-bond donors (Lipinski definition) is 0. The smallest absolute Gasteiger partial charge is 0.127 e. The lowest BCUT2D eigenvalue weighted by Gasteiger charge is -2.11. The molecule has 0 spiro atoms. The average Bonchev–Trinajstić information content (AvgIpc) is 2.16. The van der Waals surface area contributed by atoms with E-state index in [1.807, 2.05) is 19.1 Å². The Morgan fingerprint density at radius 2 is 1.92 bits per heavy atom. The Labute approximate surface area is 83.4 Å². The van der Waals surface area contributed by atoms with Crippen LogP contribution in [0.5, 0.6) is 11.5 Å². The Morgan fingerprint density at radius 1 is 1.23 bits per heavy atom. The van der Waals surface area contributed by atoms with Gasteiger partial charge in [-0.05, 0) is 18.6 Å². The van der Waals surface area contributed by atoms with Crippen LogP contribution < -0.4 is 9.47 Å². The highest BCUT2D eigenvalue weighted by Gasteiger charge is 2.07. The fraction of sp³-hybridized carbons (Fsp3) is 0.400. The molecule has 3 heteroatoms. The van der Waals surface area contributed by atoms with Gasteiger partial charge < -0.3 is 9.47 Å². The summed E-state index contributed by atoms with van der Waals surface area (Å²) in [6.45, 7) is 1.99. The molecule has 0 amide bonds. The van der Waals surface area contributed by atoms with Crippen LogP contribution in [0.1, 0.15) is 11.1 Å². The average molecular weight is 201 g/mol. The van der Waals surface area contributed by atoms with Gasteiger partial charge in [0, 0.05) is 11.6 Å². The van der Waals surface area contributed by atoms with Gasteiger partial charge in [0.2, 0.25) is 0 Å². The minimum absolute atomic E-state index is 0.457. The molecule has 1 rings (SSSR count). The van der Waals surface area contributed by atoms with Gasteiger partial charge in [0.05, 0.1) is 20.1 Å². The Balaban J connectivity index is 3.20. The maximum atomic E-state index is 5.79. The molecule has 0 aliphatic heterocycles. The molecule has 0 N–H and O–H groups in total. The molecule has 2 nitrogen and oxygen atoms in total. The zero-order valence-corrected chi connectivity index (χ0v) is 8.81. The molecule has 1 aromatic rings. The zero-order chi connectivity index (χ0) is 9.84. The SMILES string of the molecule is COc1cc(C)c(CCl)c(OC)c1. The molecule has 0 saturated carbocycles. The molecule has 72 valence electrons. The Kier molecular flexibility index (Phi) is 3.43. The largest absolute Gasteiger partial charge is 0.497 e. The van der Waals surface area contributed by atoms with Crippen molar-refractivity contribution in [2.45, 2.75) is 12.8 Å². The maximum Gasteiger partial charge on any atom is 0.127 e. The second-order valence-electron chi connectivity index (χ2n) is 2.76. The van der Waals surface area contributed by atoms with Gasteiger partial charge in [-0.15, -0.1) is 11.6 Å². The van der Waals surface area contributed by atoms with Crippen molar-refractivity contribution in [1.82, 2.24) is 0 Å². The third-order valence-electron chi connectivity index (χ3n) is 1.99. The molecule has 0 heterocycles. The molecule has 0 aliphatic rings. The minimum Gasteiger partial charge on any atom is -0.497 e. The molecular formula is C10H13ClO2. The van der Waals surface area contributed by atoms with Gasteiger partial charge in [0.25, 0.3) is 0 Å². The second kappa shape index (κ2) is 4.38. The normalized spacial score (nSPS) is 9.85. The lowest BCUT2D eigenvalue weighted by atomic mass is 10.1. The first-order valence-electron chi connectivity index (χ1n) is 4.00. The number of methoxy groups -OCH3 is 2. The van der Waals surface area contributed by atoms with Crippen molar-refractivity contribution in [2.24, 2.45) is 0 Å². The highest BCUT2D eigenvalue weighted by molar-refractivity contribution is 6.17. The summed E-state index contributed by atoms with van der Waals surface area (Å²) < 4.78 is 10.3. The third kappa shape index (κ3) is 2.07. The van der Waals surface area contributed by atoms with E-state index in [1.165, 1.54) is 0 Å². The van der Waals surface area contributed by atoms with Crippen LogP contribution in [0.15, 0.2) is 12.1 Å². The van der Waals surface area contributed by atoms with Gasteiger partial charge in [-0.1, -0.05) is 0 Å². The van der Waals surface area contributed by atoms with Crippen LogP contribution in [0, 0.1) is 6.92 Å². The van der Waals surface area contributed by atoms with Gasteiger partial charge in [-0.3, -0.25) is 0 Å². The summed E-state index contributed by atoms with van der Waals surface area (Å²) in [6, 6.07) is 3.78. The fourth-order valence-corrected chi connectivity index (χ4v) is 1.57. The van der Waals surface area contributed by atoms with Gasteiger partial charge >= 0.3 is 0 Å².